The molecule has 0 aromatic rings. The molecule has 3 atom stereocenters. The second kappa shape index (κ2) is 63.5. The van der Waals surface area contributed by atoms with Crippen LogP contribution in [0.3, 0.4) is 0 Å². The van der Waals surface area contributed by atoms with Gasteiger partial charge in [0.15, 0.2) is 0 Å². The molecule has 10 heteroatoms. The Labute approximate surface area is 341 Å². The number of aliphatic hydroxyl groups excluding tert-OH is 2. The van der Waals surface area contributed by atoms with Crippen LogP contribution in [0.1, 0.15) is 96.9 Å². The number of fused-ring (bicyclic) bond motifs is 1. The third-order valence-corrected chi connectivity index (χ3v) is 5.08. The Bertz CT molecular complexity index is 808. The van der Waals surface area contributed by atoms with E-state index in [-0.39, 0.29) is 78.7 Å². The second-order valence-corrected chi connectivity index (χ2v) is 12.0. The summed E-state index contributed by atoms with van der Waals surface area (Å²) < 4.78 is 4.93. The van der Waals surface area contributed by atoms with Crippen LogP contribution in [0.4, 0.5) is 0 Å². The van der Waals surface area contributed by atoms with Crippen molar-refractivity contribution in [2.45, 2.75) is 102 Å². The quantitative estimate of drug-likeness (QED) is 0.101. The fraction of sp³-hybridized carbons (Fsp3) is 0.600. The molecule has 0 heterocycles. The molecule has 0 saturated heterocycles. The van der Waals surface area contributed by atoms with Crippen LogP contribution >= 0.6 is 34.8 Å². The van der Waals surface area contributed by atoms with Gasteiger partial charge in [-0.1, -0.05) is 94.5 Å². The van der Waals surface area contributed by atoms with E-state index in [0.717, 1.165) is 30.5 Å². The van der Waals surface area contributed by atoms with E-state index in [1.54, 1.807) is 39.0 Å². The van der Waals surface area contributed by atoms with E-state index in [2.05, 4.69) is 92.0 Å². The van der Waals surface area contributed by atoms with Crippen LogP contribution in [-0.2, 0) is 26.0 Å². The first-order valence-corrected chi connectivity index (χ1v) is 19.4. The molecule has 0 spiro atoms. The van der Waals surface area contributed by atoms with Gasteiger partial charge in [0.2, 0.25) is 0 Å². The van der Waals surface area contributed by atoms with Crippen LogP contribution in [0.2, 0.25) is 0 Å². The van der Waals surface area contributed by atoms with Gasteiger partial charge in [0, 0.05) is 24.6 Å². The zero-order valence-electron chi connectivity index (χ0n) is 27.9. The maximum absolute atomic E-state index is 10.7. The zero-order valence-corrected chi connectivity index (χ0v) is 34.3. The maximum Gasteiger partial charge on any atom is 1.00 e. The summed E-state index contributed by atoms with van der Waals surface area (Å²) in [6, 6.07) is 0. The van der Waals surface area contributed by atoms with E-state index >= 15 is 0 Å². The molecular weight excluding hydrogens is 860 g/mol. The smallest absolute Gasteiger partial charge is 1.00 e. The molecular formula is C35H63BrCl2LiNaO4Pt. The standard InChI is InChI=1S/3C7H10O.C4H6O.C4H9.C3H5Br.3CH4.2ClH.Li.Na.Pt.H/c1-7-3-5(7)2-6(8)4-7;1-3-5-7-8-6-4-2;1-3-5-7(8)6-4-2;1-2-3-4-5;1-3-4-2;1-2-3-4;;;;;;;;;/h5H,2-4H2,1H3;4H,2,6-7H2,1H3;3,7-8H,1,5H2,2H3;5H,4H2,1H3;1,3-4H2,2H3;2H,1,3H2;3*1H4;2*1H;;;;/q;;;;-1;;;;;;;2*+1;+2;-1/p-2. The summed E-state index contributed by atoms with van der Waals surface area (Å²) in [5.41, 5.74) is 0.483. The Morgan fingerprint density at radius 3 is 1.80 bits per heavy atom. The first kappa shape index (κ1) is 71.7. The van der Waals surface area contributed by atoms with Gasteiger partial charge in [0.05, 0.1) is 6.61 Å². The molecule has 45 heavy (non-hydrogen) atoms. The van der Waals surface area contributed by atoms with Crippen molar-refractivity contribution < 1.29 is 86.1 Å². The van der Waals surface area contributed by atoms with Crippen molar-refractivity contribution in [1.29, 1.82) is 0 Å². The number of Topliss-reactive ketones (excluding diaryl/α,β-unsaturated/α-hetero) is 1. The number of halogens is 3. The van der Waals surface area contributed by atoms with Gasteiger partial charge in [-0.15, -0.1) is 37.5 Å². The summed E-state index contributed by atoms with van der Waals surface area (Å²) in [5, 5.41) is 17.6. The van der Waals surface area contributed by atoms with E-state index in [4.69, 9.17) is 33.8 Å². The molecule has 0 bridgehead atoms. The zero-order chi connectivity index (χ0) is 32.1. The van der Waals surface area contributed by atoms with Gasteiger partial charge in [-0.05, 0) is 38.5 Å². The third-order valence-electron chi connectivity index (χ3n) is 4.62. The number of aliphatic hydroxyl groups is 2. The van der Waals surface area contributed by atoms with E-state index in [0.29, 0.717) is 30.8 Å². The normalized spacial score (nSPS) is 14.7. The van der Waals surface area contributed by atoms with Gasteiger partial charge in [0.25, 0.3) is 0 Å². The van der Waals surface area contributed by atoms with Crippen LogP contribution in [-0.4, -0.2) is 47.3 Å². The Kier molecular flexibility index (Phi) is 101. The third kappa shape index (κ3) is 71.8. The van der Waals surface area contributed by atoms with Gasteiger partial charge in [-0.2, -0.15) is 6.42 Å². The van der Waals surface area contributed by atoms with Crippen molar-refractivity contribution in [2.24, 2.45) is 11.3 Å². The Morgan fingerprint density at radius 1 is 1.13 bits per heavy atom. The number of hydrogen-bond acceptors (Lipinski definition) is 4. The largest absolute Gasteiger partial charge is 1.00 e. The monoisotopic (exact) mass is 921 g/mol. The molecule has 0 aromatic carbocycles. The van der Waals surface area contributed by atoms with Crippen molar-refractivity contribution in [1.82, 2.24) is 0 Å². The number of unbranched alkanes of at least 4 members (excludes halogenated alkanes) is 1. The molecule has 3 unspecified atom stereocenters. The fourth-order valence-corrected chi connectivity index (χ4v) is 2.56. The van der Waals surface area contributed by atoms with Gasteiger partial charge in [0.1, 0.15) is 25.1 Å². The average molecular weight is 924 g/mol. The Morgan fingerprint density at radius 2 is 1.60 bits per heavy atom. The first-order chi connectivity index (χ1) is 19.1. The van der Waals surface area contributed by atoms with E-state index < -0.39 is 22.6 Å². The molecule has 2 N–H and O–H groups in total. The molecule has 0 amide bonds. The molecule has 4 nitrogen and oxygen atoms in total. The van der Waals surface area contributed by atoms with Crippen molar-refractivity contribution in [3.05, 3.63) is 44.9 Å². The van der Waals surface area contributed by atoms with Crippen LogP contribution in [0.25, 0.3) is 0 Å². The number of rotatable bonds is 7. The van der Waals surface area contributed by atoms with Crippen molar-refractivity contribution >= 4 is 40.5 Å². The molecule has 0 aromatic heterocycles. The first-order valence-electron chi connectivity index (χ1n) is 12.7. The second-order valence-electron chi connectivity index (χ2n) is 8.07. The summed E-state index contributed by atoms with van der Waals surface area (Å²) in [4.78, 5) is 10.7. The van der Waals surface area contributed by atoms with E-state index in [9.17, 15) is 4.79 Å². The van der Waals surface area contributed by atoms with E-state index in [1.807, 2.05) is 0 Å². The average Bonchev–Trinajstić information content (AvgIpc) is 3.45. The molecule has 2 aliphatic rings. The summed E-state index contributed by atoms with van der Waals surface area (Å²) >= 11 is 2.66. The number of carbonyl (C=O) groups is 1. The van der Waals surface area contributed by atoms with Crippen molar-refractivity contribution in [3.8, 4) is 35.5 Å². The summed E-state index contributed by atoms with van der Waals surface area (Å²) in [7, 11) is 9.75. The summed E-state index contributed by atoms with van der Waals surface area (Å²) in [6.45, 7) is 24.6. The Balaban J connectivity index is -0.0000000347. The SMILES string of the molecule is C.C.C.C=CCBr.C=CCC(O)C#CC.C=CCOCC#CC.CC#CCO.CC12CC(=O)CC1C2.[CH2-]CCC.[Cl][Pt][Cl].[H-].[Li+].[Na+]. The number of alkyl halides is 1. The van der Waals surface area contributed by atoms with Gasteiger partial charge in [-0.25, -0.2) is 0 Å². The van der Waals surface area contributed by atoms with E-state index in [1.165, 1.54) is 12.8 Å². The van der Waals surface area contributed by atoms with Crippen LogP contribution < -0.4 is 48.4 Å². The number of carbonyl (C=O) groups excluding carboxylic acids is 1. The number of ketones is 1. The van der Waals surface area contributed by atoms with Crippen LogP contribution in [0.15, 0.2) is 38.0 Å². The molecule has 0 aliphatic heterocycles. The minimum atomic E-state index is -0.516. The van der Waals surface area contributed by atoms with Crippen molar-refractivity contribution in [3.63, 3.8) is 0 Å². The molecule has 260 valence electrons. The predicted molar refractivity (Wildman–Crippen MR) is 197 cm³/mol. The molecule has 2 aliphatic carbocycles. The molecule has 2 rings (SSSR count). The topological polar surface area (TPSA) is 66.8 Å². The maximum atomic E-state index is 10.7. The molecule has 2 saturated carbocycles. The van der Waals surface area contributed by atoms with Gasteiger partial charge >= 0.3 is 83.7 Å². The molecule has 0 radical (unpaired) electrons. The summed E-state index contributed by atoms with van der Waals surface area (Å²) in [6.07, 6.45) is 10.5. The van der Waals surface area contributed by atoms with Crippen LogP contribution in [0, 0.1) is 53.8 Å². The van der Waals surface area contributed by atoms with Crippen molar-refractivity contribution in [2.75, 3.05) is 25.2 Å². The predicted octanol–water partition coefficient (Wildman–Crippen LogP) is 4.13. The number of allylic oxidation sites excluding steroid dienone is 1. The Hall–Kier alpha value is 0.796. The van der Waals surface area contributed by atoms with Gasteiger partial charge < -0.3 is 23.3 Å². The van der Waals surface area contributed by atoms with Gasteiger partial charge in [-0.3, -0.25) is 4.79 Å². The fourth-order valence-electron chi connectivity index (χ4n) is 2.56. The van der Waals surface area contributed by atoms with Crippen LogP contribution in [0.5, 0.6) is 0 Å². The summed E-state index contributed by atoms with van der Waals surface area (Å²) in [5.74, 6) is 16.9. The number of hydrogen-bond donors (Lipinski definition) is 2. The molecule has 2 fully saturated rings. The minimum absolute atomic E-state index is 0. The number of ether oxygens (including phenoxy) is 1. The minimum Gasteiger partial charge on any atom is -1.00 e.